The lowest BCUT2D eigenvalue weighted by Crippen LogP contribution is -2.01. The van der Waals surface area contributed by atoms with Crippen molar-refractivity contribution in [2.75, 3.05) is 7.11 Å². The highest BCUT2D eigenvalue weighted by atomic mass is 32.1. The minimum Gasteiger partial charge on any atom is -0.496 e. The summed E-state index contributed by atoms with van der Waals surface area (Å²) >= 11 is 1.63. The van der Waals surface area contributed by atoms with Gasteiger partial charge in [-0.2, -0.15) is 0 Å². The summed E-state index contributed by atoms with van der Waals surface area (Å²) in [4.78, 5) is 16.0. The van der Waals surface area contributed by atoms with Gasteiger partial charge in [0.2, 0.25) is 0 Å². The van der Waals surface area contributed by atoms with Crippen LogP contribution in [0.25, 0.3) is 10.6 Å². The van der Waals surface area contributed by atoms with Crippen LogP contribution >= 0.6 is 11.3 Å². The van der Waals surface area contributed by atoms with Gasteiger partial charge in [0, 0.05) is 27.8 Å². The Hall–Kier alpha value is -2.66. The van der Waals surface area contributed by atoms with Gasteiger partial charge >= 0.3 is 0 Å². The van der Waals surface area contributed by atoms with Crippen molar-refractivity contribution in [1.29, 1.82) is 0 Å². The highest BCUT2D eigenvalue weighted by molar-refractivity contribution is 7.13. The molecule has 0 bridgehead atoms. The lowest BCUT2D eigenvalue weighted by Gasteiger charge is -2.11. The predicted molar refractivity (Wildman–Crippen MR) is 99.6 cm³/mol. The molecule has 0 saturated carbocycles. The minimum absolute atomic E-state index is 0.0204. The third-order valence-corrected chi connectivity index (χ3v) is 4.81. The number of methoxy groups -OCH3 is 1. The zero-order valence-electron chi connectivity index (χ0n) is 14.4. The van der Waals surface area contributed by atoms with Gasteiger partial charge in [0.05, 0.1) is 7.11 Å². The van der Waals surface area contributed by atoms with Crippen molar-refractivity contribution in [3.05, 3.63) is 64.7 Å². The summed E-state index contributed by atoms with van der Waals surface area (Å²) in [5, 5.41) is 3.04. The minimum atomic E-state index is 0.0204. The van der Waals surface area contributed by atoms with Crippen molar-refractivity contribution in [3.63, 3.8) is 0 Å². The van der Waals surface area contributed by atoms with Crippen molar-refractivity contribution in [2.45, 2.75) is 20.5 Å². The molecular formula is C20H19NO3S. The monoisotopic (exact) mass is 353 g/mol. The van der Waals surface area contributed by atoms with Crippen LogP contribution in [0.5, 0.6) is 11.5 Å². The number of thiazole rings is 1. The number of benzene rings is 2. The van der Waals surface area contributed by atoms with Crippen molar-refractivity contribution in [1.82, 2.24) is 4.98 Å². The zero-order chi connectivity index (χ0) is 17.8. The number of nitrogens with zero attached hydrogens (tertiary/aromatic N) is 1. The molecule has 0 aliphatic rings. The van der Waals surface area contributed by atoms with Gasteiger partial charge in [0.25, 0.3) is 0 Å². The van der Waals surface area contributed by atoms with Crippen LogP contribution < -0.4 is 9.47 Å². The number of ether oxygens (including phenoxy) is 2. The second-order valence-corrected chi connectivity index (χ2v) is 6.55. The van der Waals surface area contributed by atoms with Crippen molar-refractivity contribution < 1.29 is 14.3 Å². The van der Waals surface area contributed by atoms with E-state index < -0.39 is 0 Å². The molecule has 3 rings (SSSR count). The van der Waals surface area contributed by atoms with Gasteiger partial charge in [0.15, 0.2) is 5.78 Å². The molecule has 0 aliphatic heterocycles. The fraction of sp³-hybridized carbons (Fsp3) is 0.200. The molecule has 0 aliphatic carbocycles. The van der Waals surface area contributed by atoms with Crippen LogP contribution in [-0.2, 0) is 6.61 Å². The second kappa shape index (κ2) is 7.49. The highest BCUT2D eigenvalue weighted by Crippen LogP contribution is 2.27. The Bertz CT molecular complexity index is 884. The SMILES string of the molecule is COc1ccc(C(C)=O)cc1COc1ccc(-c2nc(C)cs2)cc1. The standard InChI is InChI=1S/C20H19NO3S/c1-13-12-25-20(21-13)15-4-7-18(8-5-15)24-11-17-10-16(14(2)22)6-9-19(17)23-3/h4-10,12H,11H2,1-3H3. The fourth-order valence-electron chi connectivity index (χ4n) is 2.45. The number of rotatable bonds is 6. The van der Waals surface area contributed by atoms with Crippen LogP contribution in [0.1, 0.15) is 28.5 Å². The van der Waals surface area contributed by atoms with Gasteiger partial charge in [-0.15, -0.1) is 11.3 Å². The molecule has 5 heteroatoms. The van der Waals surface area contributed by atoms with Gasteiger partial charge < -0.3 is 9.47 Å². The molecule has 2 aromatic carbocycles. The van der Waals surface area contributed by atoms with E-state index in [2.05, 4.69) is 4.98 Å². The molecule has 0 fully saturated rings. The molecule has 0 atom stereocenters. The lowest BCUT2D eigenvalue weighted by atomic mass is 10.1. The number of hydrogen-bond donors (Lipinski definition) is 0. The third kappa shape index (κ3) is 4.06. The Morgan fingerprint density at radius 1 is 1.16 bits per heavy atom. The van der Waals surface area contributed by atoms with Crippen LogP contribution in [0, 0.1) is 6.92 Å². The van der Waals surface area contributed by atoms with Crippen LogP contribution in [0.15, 0.2) is 47.8 Å². The van der Waals surface area contributed by atoms with Gasteiger partial charge in [-0.1, -0.05) is 0 Å². The summed E-state index contributed by atoms with van der Waals surface area (Å²) in [6.45, 7) is 3.87. The van der Waals surface area contributed by atoms with Crippen molar-refractivity contribution in [3.8, 4) is 22.1 Å². The first-order valence-corrected chi connectivity index (χ1v) is 8.78. The van der Waals surface area contributed by atoms with Crippen LogP contribution in [0.4, 0.5) is 0 Å². The number of Topliss-reactive ketones (excluding diaryl/α,β-unsaturated/α-hetero) is 1. The van der Waals surface area contributed by atoms with E-state index in [1.807, 2.05) is 42.6 Å². The molecule has 0 N–H and O–H groups in total. The smallest absolute Gasteiger partial charge is 0.159 e. The predicted octanol–water partition coefficient (Wildman–Crippen LogP) is 4.91. The first-order chi connectivity index (χ1) is 12.1. The summed E-state index contributed by atoms with van der Waals surface area (Å²) in [6, 6.07) is 13.2. The molecule has 1 aromatic heterocycles. The summed E-state index contributed by atoms with van der Waals surface area (Å²) in [7, 11) is 1.61. The maximum absolute atomic E-state index is 11.6. The summed E-state index contributed by atoms with van der Waals surface area (Å²) in [5.74, 6) is 1.49. The number of carbonyl (C=O) groups excluding carboxylic acids is 1. The van der Waals surface area contributed by atoms with E-state index in [1.165, 1.54) is 0 Å². The fourth-order valence-corrected chi connectivity index (χ4v) is 3.26. The molecule has 0 unspecified atom stereocenters. The van der Waals surface area contributed by atoms with Crippen molar-refractivity contribution >= 4 is 17.1 Å². The Labute approximate surface area is 151 Å². The van der Waals surface area contributed by atoms with E-state index in [0.29, 0.717) is 17.9 Å². The van der Waals surface area contributed by atoms with Gasteiger partial charge in [-0.3, -0.25) is 4.79 Å². The molecule has 4 nitrogen and oxygen atoms in total. The normalized spacial score (nSPS) is 10.5. The van der Waals surface area contributed by atoms with E-state index in [9.17, 15) is 4.79 Å². The topological polar surface area (TPSA) is 48.4 Å². The van der Waals surface area contributed by atoms with Crippen LogP contribution in [-0.4, -0.2) is 17.9 Å². The van der Waals surface area contributed by atoms with E-state index in [0.717, 1.165) is 27.6 Å². The molecule has 3 aromatic rings. The van der Waals surface area contributed by atoms with Crippen molar-refractivity contribution in [2.24, 2.45) is 0 Å². The summed E-state index contributed by atoms with van der Waals surface area (Å²) in [5.41, 5.74) is 3.59. The van der Waals surface area contributed by atoms with Crippen LogP contribution in [0.3, 0.4) is 0 Å². The average molecular weight is 353 g/mol. The molecule has 0 saturated heterocycles. The Kier molecular flexibility index (Phi) is 5.14. The molecule has 0 spiro atoms. The maximum atomic E-state index is 11.6. The largest absolute Gasteiger partial charge is 0.496 e. The number of carbonyl (C=O) groups is 1. The molecular weight excluding hydrogens is 334 g/mol. The first-order valence-electron chi connectivity index (χ1n) is 7.90. The maximum Gasteiger partial charge on any atom is 0.159 e. The molecule has 0 amide bonds. The lowest BCUT2D eigenvalue weighted by molar-refractivity contribution is 0.101. The van der Waals surface area contributed by atoms with E-state index in [4.69, 9.17) is 9.47 Å². The van der Waals surface area contributed by atoms with Gasteiger partial charge in [0.1, 0.15) is 23.1 Å². The number of aromatic nitrogens is 1. The number of ketones is 1. The third-order valence-electron chi connectivity index (χ3n) is 3.80. The Balaban J connectivity index is 1.73. The molecule has 1 heterocycles. The Morgan fingerprint density at radius 2 is 1.92 bits per heavy atom. The summed E-state index contributed by atoms with van der Waals surface area (Å²) < 4.78 is 11.2. The first kappa shape index (κ1) is 17.2. The average Bonchev–Trinajstić information content (AvgIpc) is 3.06. The van der Waals surface area contributed by atoms with Gasteiger partial charge in [-0.05, 0) is 56.3 Å². The molecule has 0 radical (unpaired) electrons. The number of hydrogen-bond acceptors (Lipinski definition) is 5. The van der Waals surface area contributed by atoms with Crippen LogP contribution in [0.2, 0.25) is 0 Å². The second-order valence-electron chi connectivity index (χ2n) is 5.69. The van der Waals surface area contributed by atoms with E-state index in [1.54, 1.807) is 37.5 Å². The number of aryl methyl sites for hydroxylation is 1. The van der Waals surface area contributed by atoms with E-state index in [-0.39, 0.29) is 5.78 Å². The van der Waals surface area contributed by atoms with E-state index >= 15 is 0 Å². The highest BCUT2D eigenvalue weighted by Gasteiger charge is 2.09. The Morgan fingerprint density at radius 3 is 2.52 bits per heavy atom. The quantitative estimate of drug-likeness (QED) is 0.591. The molecule has 128 valence electrons. The zero-order valence-corrected chi connectivity index (χ0v) is 15.2. The van der Waals surface area contributed by atoms with Gasteiger partial charge in [-0.25, -0.2) is 4.98 Å². The molecule has 25 heavy (non-hydrogen) atoms. The summed E-state index contributed by atoms with van der Waals surface area (Å²) in [6.07, 6.45) is 0.